The molecule has 1 aliphatic rings. The third-order valence-corrected chi connectivity index (χ3v) is 11.1. The number of carboxylic acid groups (broad SMARTS) is 1. The lowest BCUT2D eigenvalue weighted by atomic mass is 9.96. The van der Waals surface area contributed by atoms with Crippen molar-refractivity contribution in [2.75, 3.05) is 6.61 Å². The van der Waals surface area contributed by atoms with Gasteiger partial charge in [0.15, 0.2) is 8.32 Å². The molecule has 0 unspecified atom stereocenters. The van der Waals surface area contributed by atoms with Gasteiger partial charge >= 0.3 is 6.09 Å². The average molecular weight is 456 g/mol. The van der Waals surface area contributed by atoms with Crippen LogP contribution < -0.4 is 4.74 Å². The van der Waals surface area contributed by atoms with E-state index in [4.69, 9.17) is 9.16 Å². The van der Waals surface area contributed by atoms with E-state index >= 15 is 0 Å². The molecule has 0 aliphatic carbocycles. The smallest absolute Gasteiger partial charge is 0.414 e. The summed E-state index contributed by atoms with van der Waals surface area (Å²) < 4.78 is 12.1. The molecule has 2 amide bonds. The number of ether oxygens (including phenoxy) is 1. The van der Waals surface area contributed by atoms with Gasteiger partial charge in [0.1, 0.15) is 12.4 Å². The second-order valence-corrected chi connectivity index (χ2v) is 14.7. The number of amides is 2. The summed E-state index contributed by atoms with van der Waals surface area (Å²) in [6, 6.07) is 16.8. The molecule has 0 saturated carbocycles. The van der Waals surface area contributed by atoms with Gasteiger partial charge in [-0.15, -0.1) is 0 Å². The standard InChI is InChI=1S/C25H33NO5Si/c1-25(2,3)32(4,5)31-17-20-15-22(23(27)26(20)24(28)29)19-11-13-21(14-12-19)30-16-18-9-7-6-8-10-18/h6-14,20,22H,15-17H2,1-5H3,(H,28,29)/t20-,22+/m1/s1. The third-order valence-electron chi connectivity index (χ3n) is 6.59. The summed E-state index contributed by atoms with van der Waals surface area (Å²) in [5, 5.41) is 9.68. The number of benzene rings is 2. The van der Waals surface area contributed by atoms with Crippen LogP contribution in [0.1, 0.15) is 44.2 Å². The number of nitrogens with zero attached hydrogens (tertiary/aromatic N) is 1. The Balaban J connectivity index is 1.68. The highest BCUT2D eigenvalue weighted by Crippen LogP contribution is 2.39. The van der Waals surface area contributed by atoms with E-state index < -0.39 is 26.4 Å². The van der Waals surface area contributed by atoms with Gasteiger partial charge in [0.05, 0.1) is 18.6 Å². The molecule has 0 radical (unpaired) electrons. The van der Waals surface area contributed by atoms with Crippen LogP contribution >= 0.6 is 0 Å². The van der Waals surface area contributed by atoms with Gasteiger partial charge in [-0.2, -0.15) is 0 Å². The minimum absolute atomic E-state index is 0.0125. The normalized spacial score (nSPS) is 19.3. The largest absolute Gasteiger partial charge is 0.489 e. The monoisotopic (exact) mass is 455 g/mol. The number of hydrogen-bond donors (Lipinski definition) is 1. The van der Waals surface area contributed by atoms with Crippen LogP contribution in [0.25, 0.3) is 0 Å². The molecule has 2 aromatic carbocycles. The van der Waals surface area contributed by atoms with Gasteiger partial charge in [-0.1, -0.05) is 63.2 Å². The first kappa shape index (κ1) is 24.0. The summed E-state index contributed by atoms with van der Waals surface area (Å²) in [5.41, 5.74) is 1.87. The summed E-state index contributed by atoms with van der Waals surface area (Å²) in [6.45, 7) is 11.4. The van der Waals surface area contributed by atoms with Crippen LogP contribution in [-0.4, -0.2) is 43.0 Å². The van der Waals surface area contributed by atoms with Crippen molar-refractivity contribution in [2.45, 2.75) is 63.9 Å². The molecule has 0 aromatic heterocycles. The van der Waals surface area contributed by atoms with Crippen LogP contribution in [0.15, 0.2) is 54.6 Å². The lowest BCUT2D eigenvalue weighted by Gasteiger charge is -2.37. The maximum atomic E-state index is 12.9. The highest BCUT2D eigenvalue weighted by atomic mass is 28.4. The van der Waals surface area contributed by atoms with Crippen molar-refractivity contribution in [3.05, 3.63) is 65.7 Å². The highest BCUT2D eigenvalue weighted by molar-refractivity contribution is 6.74. The van der Waals surface area contributed by atoms with Crippen molar-refractivity contribution in [1.29, 1.82) is 0 Å². The van der Waals surface area contributed by atoms with Crippen molar-refractivity contribution < 1.29 is 23.9 Å². The van der Waals surface area contributed by atoms with Crippen molar-refractivity contribution in [3.63, 3.8) is 0 Å². The molecule has 1 N–H and O–H groups in total. The van der Waals surface area contributed by atoms with Crippen LogP contribution in [0.3, 0.4) is 0 Å². The first-order chi connectivity index (χ1) is 15.0. The van der Waals surface area contributed by atoms with Crippen LogP contribution in [0.5, 0.6) is 5.75 Å². The molecule has 3 rings (SSSR count). The summed E-state index contributed by atoms with van der Waals surface area (Å²) in [7, 11) is -2.05. The number of rotatable bonds is 7. The van der Waals surface area contributed by atoms with Gasteiger partial charge in [0, 0.05) is 0 Å². The number of imide groups is 1. The van der Waals surface area contributed by atoms with Crippen molar-refractivity contribution in [1.82, 2.24) is 4.90 Å². The van der Waals surface area contributed by atoms with Crippen LogP contribution in [0.2, 0.25) is 18.1 Å². The Kier molecular flexibility index (Phi) is 7.10. The number of carbonyl (C=O) groups is 2. The van der Waals surface area contributed by atoms with Crippen LogP contribution in [0, 0.1) is 0 Å². The second-order valence-electron chi connectivity index (χ2n) is 9.85. The summed E-state index contributed by atoms with van der Waals surface area (Å²) in [4.78, 5) is 25.7. The van der Waals surface area contributed by atoms with E-state index in [1.807, 2.05) is 54.6 Å². The van der Waals surface area contributed by atoms with Gasteiger partial charge in [0.25, 0.3) is 0 Å². The molecule has 1 heterocycles. The predicted molar refractivity (Wildman–Crippen MR) is 126 cm³/mol. The molecule has 6 nitrogen and oxygen atoms in total. The van der Waals surface area contributed by atoms with E-state index in [9.17, 15) is 14.7 Å². The Labute approximate surface area is 191 Å². The number of likely N-dealkylation sites (tertiary alicyclic amines) is 1. The Morgan fingerprint density at radius 1 is 1.09 bits per heavy atom. The number of hydrogen-bond acceptors (Lipinski definition) is 4. The minimum Gasteiger partial charge on any atom is -0.489 e. The molecular formula is C25H33NO5Si. The van der Waals surface area contributed by atoms with Gasteiger partial charge in [-0.3, -0.25) is 4.79 Å². The van der Waals surface area contributed by atoms with Gasteiger partial charge in [-0.05, 0) is 47.8 Å². The zero-order chi connectivity index (χ0) is 23.5. The molecule has 0 spiro atoms. The minimum atomic E-state index is -2.05. The lowest BCUT2D eigenvalue weighted by molar-refractivity contribution is -0.128. The van der Waals surface area contributed by atoms with Gasteiger partial charge in [-0.25, -0.2) is 9.69 Å². The topological polar surface area (TPSA) is 76.1 Å². The van der Waals surface area contributed by atoms with E-state index in [0.717, 1.165) is 16.0 Å². The second kappa shape index (κ2) is 9.46. The molecule has 2 aromatic rings. The fourth-order valence-electron chi connectivity index (χ4n) is 3.56. The van der Waals surface area contributed by atoms with E-state index in [2.05, 4.69) is 33.9 Å². The Hall–Kier alpha value is -2.64. The van der Waals surface area contributed by atoms with Crippen molar-refractivity contribution in [2.24, 2.45) is 0 Å². The average Bonchev–Trinajstić information content (AvgIpc) is 3.07. The first-order valence-electron chi connectivity index (χ1n) is 11.0. The van der Waals surface area contributed by atoms with Gasteiger partial charge < -0.3 is 14.3 Å². The molecule has 1 aliphatic heterocycles. The fraction of sp³-hybridized carbons (Fsp3) is 0.440. The molecule has 2 atom stereocenters. The van der Waals surface area contributed by atoms with Crippen LogP contribution in [0.4, 0.5) is 4.79 Å². The van der Waals surface area contributed by atoms with E-state index in [1.54, 1.807) is 0 Å². The maximum Gasteiger partial charge on any atom is 0.414 e. The Morgan fingerprint density at radius 2 is 1.72 bits per heavy atom. The van der Waals surface area contributed by atoms with E-state index in [0.29, 0.717) is 18.8 Å². The van der Waals surface area contributed by atoms with Gasteiger partial charge in [0.2, 0.25) is 5.91 Å². The molecular weight excluding hydrogens is 422 g/mol. The quantitative estimate of drug-likeness (QED) is 0.546. The first-order valence-corrected chi connectivity index (χ1v) is 13.9. The van der Waals surface area contributed by atoms with Crippen molar-refractivity contribution >= 4 is 20.3 Å². The molecule has 1 saturated heterocycles. The predicted octanol–water partition coefficient (Wildman–Crippen LogP) is 5.65. The molecule has 0 bridgehead atoms. The molecule has 7 heteroatoms. The van der Waals surface area contributed by atoms with Crippen molar-refractivity contribution in [3.8, 4) is 5.75 Å². The SMILES string of the molecule is CC(C)(C)[Si](C)(C)OC[C@H]1C[C@@H](c2ccc(OCc3ccccc3)cc2)C(=O)N1C(=O)O. The highest BCUT2D eigenvalue weighted by Gasteiger charge is 2.46. The Bertz CT molecular complexity index is 937. The summed E-state index contributed by atoms with van der Waals surface area (Å²) in [6.07, 6.45) is -0.798. The number of carbonyl (C=O) groups excluding carboxylic acids is 1. The molecule has 172 valence electrons. The zero-order valence-electron chi connectivity index (χ0n) is 19.5. The molecule has 32 heavy (non-hydrogen) atoms. The van der Waals surface area contributed by atoms with E-state index in [1.165, 1.54) is 0 Å². The fourth-order valence-corrected chi connectivity index (χ4v) is 4.60. The zero-order valence-corrected chi connectivity index (χ0v) is 20.5. The summed E-state index contributed by atoms with van der Waals surface area (Å²) >= 11 is 0. The maximum absolute atomic E-state index is 12.9. The van der Waals surface area contributed by atoms with Crippen LogP contribution in [-0.2, 0) is 15.8 Å². The molecule has 1 fully saturated rings. The third kappa shape index (κ3) is 5.39. The lowest BCUT2D eigenvalue weighted by Crippen LogP contribution is -2.46. The Morgan fingerprint density at radius 3 is 2.28 bits per heavy atom. The summed E-state index contributed by atoms with van der Waals surface area (Å²) in [5.74, 6) is -0.183. The van der Waals surface area contributed by atoms with E-state index in [-0.39, 0.29) is 17.6 Å².